The lowest BCUT2D eigenvalue weighted by Gasteiger charge is -2.33. The van der Waals surface area contributed by atoms with Crippen LogP contribution in [0.25, 0.3) is 11.3 Å². The Morgan fingerprint density at radius 2 is 1.62 bits per heavy atom. The summed E-state index contributed by atoms with van der Waals surface area (Å²) in [6.07, 6.45) is 5.06. The summed E-state index contributed by atoms with van der Waals surface area (Å²) >= 11 is 0. The van der Waals surface area contributed by atoms with Gasteiger partial charge in [0, 0.05) is 17.4 Å². The highest BCUT2D eigenvalue weighted by Gasteiger charge is 2.35. The van der Waals surface area contributed by atoms with Crippen molar-refractivity contribution in [3.05, 3.63) is 108 Å². The quantitative estimate of drug-likeness (QED) is 0.239. The molecular formula is C33H34FN3O3. The fraction of sp³-hybridized carbons (Fsp3) is 0.273. The number of anilines is 1. The van der Waals surface area contributed by atoms with Crippen LogP contribution in [-0.2, 0) is 4.79 Å². The Bertz CT molecular complexity index is 1410. The molecule has 1 aliphatic rings. The standard InChI is InChI=1S/C33H34FN3O3/c1-2-40-28-19-17-27(18-20-28)37(33(39)30-22-21-29(36-30)23-9-5-3-6-10-23)31(24-13-15-25(34)16-14-24)32(38)35-26-11-7-4-8-12-26/h3,5-6,9-10,13-22,26,31,36H,2,4,7-8,11-12H2,1H3,(H,35,38)/t31-/m1/s1. The van der Waals surface area contributed by atoms with Crippen molar-refractivity contribution >= 4 is 17.5 Å². The Morgan fingerprint density at radius 3 is 2.30 bits per heavy atom. The van der Waals surface area contributed by atoms with Crippen LogP contribution in [0.1, 0.15) is 61.1 Å². The topological polar surface area (TPSA) is 74.4 Å². The number of amides is 2. The lowest BCUT2D eigenvalue weighted by atomic mass is 9.94. The maximum atomic E-state index is 14.3. The Labute approximate surface area is 234 Å². The minimum atomic E-state index is -1.02. The molecule has 0 unspecified atom stereocenters. The number of H-pyrrole nitrogens is 1. The van der Waals surface area contributed by atoms with Gasteiger partial charge in [-0.05, 0) is 79.4 Å². The van der Waals surface area contributed by atoms with Crippen molar-refractivity contribution in [3.63, 3.8) is 0 Å². The molecule has 1 atom stereocenters. The molecule has 1 saturated carbocycles. The highest BCUT2D eigenvalue weighted by molar-refractivity contribution is 6.09. The van der Waals surface area contributed by atoms with Crippen molar-refractivity contribution < 1.29 is 18.7 Å². The lowest BCUT2D eigenvalue weighted by molar-refractivity contribution is -0.123. The maximum Gasteiger partial charge on any atom is 0.275 e. The lowest BCUT2D eigenvalue weighted by Crippen LogP contribution is -2.47. The number of nitrogens with one attached hydrogen (secondary N) is 2. The van der Waals surface area contributed by atoms with Gasteiger partial charge in [0.15, 0.2) is 0 Å². The van der Waals surface area contributed by atoms with E-state index in [4.69, 9.17) is 4.74 Å². The molecular weight excluding hydrogens is 505 g/mol. The zero-order valence-electron chi connectivity index (χ0n) is 22.6. The fourth-order valence-corrected chi connectivity index (χ4v) is 5.28. The SMILES string of the molecule is CCOc1ccc(N(C(=O)c2ccc(-c3ccccc3)[nH]2)[C@@H](C(=O)NC2CCCCC2)c2ccc(F)cc2)cc1. The molecule has 0 aliphatic heterocycles. The van der Waals surface area contributed by atoms with Crippen LogP contribution in [0.4, 0.5) is 10.1 Å². The zero-order chi connectivity index (χ0) is 27.9. The van der Waals surface area contributed by atoms with E-state index in [0.717, 1.165) is 43.4 Å². The highest BCUT2D eigenvalue weighted by atomic mass is 19.1. The van der Waals surface area contributed by atoms with E-state index in [0.29, 0.717) is 29.3 Å². The first-order chi connectivity index (χ1) is 19.5. The van der Waals surface area contributed by atoms with Gasteiger partial charge in [-0.1, -0.05) is 61.7 Å². The second-order valence-corrected chi connectivity index (χ2v) is 10.1. The third kappa shape index (κ3) is 6.25. The Balaban J connectivity index is 1.57. The van der Waals surface area contributed by atoms with Gasteiger partial charge in [0.05, 0.1) is 6.61 Å². The third-order valence-corrected chi connectivity index (χ3v) is 7.29. The summed E-state index contributed by atoms with van der Waals surface area (Å²) in [5.41, 5.74) is 3.12. The van der Waals surface area contributed by atoms with Crippen LogP contribution in [-0.4, -0.2) is 29.4 Å². The molecule has 4 aromatic rings. The molecule has 5 rings (SSSR count). The number of carbonyl (C=O) groups excluding carboxylic acids is 2. The summed E-state index contributed by atoms with van der Waals surface area (Å²) in [6, 6.07) is 25.2. The van der Waals surface area contributed by atoms with Gasteiger partial charge in [-0.3, -0.25) is 14.5 Å². The van der Waals surface area contributed by atoms with Crippen molar-refractivity contribution in [1.82, 2.24) is 10.3 Å². The van der Waals surface area contributed by atoms with E-state index in [2.05, 4.69) is 10.3 Å². The van der Waals surface area contributed by atoms with Gasteiger partial charge < -0.3 is 15.0 Å². The molecule has 3 aromatic carbocycles. The molecule has 0 spiro atoms. The van der Waals surface area contributed by atoms with Crippen LogP contribution in [0.2, 0.25) is 0 Å². The molecule has 0 bridgehead atoms. The molecule has 40 heavy (non-hydrogen) atoms. The maximum absolute atomic E-state index is 14.3. The van der Waals surface area contributed by atoms with Crippen molar-refractivity contribution in [2.45, 2.75) is 51.1 Å². The van der Waals surface area contributed by atoms with Crippen LogP contribution in [0.5, 0.6) is 5.75 Å². The Morgan fingerprint density at radius 1 is 0.925 bits per heavy atom. The van der Waals surface area contributed by atoms with Gasteiger partial charge in [-0.15, -0.1) is 0 Å². The number of carbonyl (C=O) groups is 2. The fourth-order valence-electron chi connectivity index (χ4n) is 5.28. The number of ether oxygens (including phenoxy) is 1. The van der Waals surface area contributed by atoms with Gasteiger partial charge in [-0.25, -0.2) is 4.39 Å². The number of aromatic nitrogens is 1. The summed E-state index contributed by atoms with van der Waals surface area (Å²) in [6.45, 7) is 2.41. The number of rotatable bonds is 9. The molecule has 1 aromatic heterocycles. The molecule has 2 N–H and O–H groups in total. The molecule has 0 radical (unpaired) electrons. The van der Waals surface area contributed by atoms with Crippen molar-refractivity contribution in [2.24, 2.45) is 0 Å². The molecule has 2 amide bonds. The number of hydrogen-bond acceptors (Lipinski definition) is 3. The van der Waals surface area contributed by atoms with Crippen LogP contribution in [0, 0.1) is 5.82 Å². The minimum Gasteiger partial charge on any atom is -0.494 e. The van der Waals surface area contributed by atoms with Crippen molar-refractivity contribution in [2.75, 3.05) is 11.5 Å². The first-order valence-electron chi connectivity index (χ1n) is 13.9. The summed E-state index contributed by atoms with van der Waals surface area (Å²) < 4.78 is 19.6. The number of hydrogen-bond donors (Lipinski definition) is 2. The number of benzene rings is 3. The molecule has 1 aliphatic carbocycles. The number of halogens is 1. The first kappa shape index (κ1) is 27.2. The largest absolute Gasteiger partial charge is 0.494 e. The van der Waals surface area contributed by atoms with E-state index in [1.807, 2.05) is 43.3 Å². The van der Waals surface area contributed by atoms with E-state index in [1.165, 1.54) is 17.0 Å². The second-order valence-electron chi connectivity index (χ2n) is 10.1. The predicted octanol–water partition coefficient (Wildman–Crippen LogP) is 7.06. The van der Waals surface area contributed by atoms with Crippen LogP contribution < -0.4 is 15.0 Å². The van der Waals surface area contributed by atoms with Gasteiger partial charge >= 0.3 is 0 Å². The number of nitrogens with zero attached hydrogens (tertiary/aromatic N) is 1. The summed E-state index contributed by atoms with van der Waals surface area (Å²) in [5.74, 6) is -0.420. The zero-order valence-corrected chi connectivity index (χ0v) is 22.6. The monoisotopic (exact) mass is 539 g/mol. The highest BCUT2D eigenvalue weighted by Crippen LogP contribution is 2.32. The van der Waals surface area contributed by atoms with Gasteiger partial charge in [0.25, 0.3) is 5.91 Å². The normalized spacial score (nSPS) is 14.3. The van der Waals surface area contributed by atoms with Crippen LogP contribution >= 0.6 is 0 Å². The Kier molecular flexibility index (Phi) is 8.59. The van der Waals surface area contributed by atoms with E-state index in [-0.39, 0.29) is 17.9 Å². The average Bonchev–Trinajstić information content (AvgIpc) is 3.49. The molecule has 7 heteroatoms. The average molecular weight is 540 g/mol. The molecule has 206 valence electrons. The molecule has 6 nitrogen and oxygen atoms in total. The first-order valence-corrected chi connectivity index (χ1v) is 13.9. The minimum absolute atomic E-state index is 0.0386. The summed E-state index contributed by atoms with van der Waals surface area (Å²) in [7, 11) is 0. The molecule has 1 fully saturated rings. The summed E-state index contributed by atoms with van der Waals surface area (Å²) in [5, 5.41) is 3.19. The Hall–Kier alpha value is -4.39. The van der Waals surface area contributed by atoms with Gasteiger partial charge in [0.2, 0.25) is 5.91 Å². The van der Waals surface area contributed by atoms with Crippen molar-refractivity contribution in [3.8, 4) is 17.0 Å². The third-order valence-electron chi connectivity index (χ3n) is 7.29. The molecule has 0 saturated heterocycles. The van der Waals surface area contributed by atoms with Crippen LogP contribution in [0.3, 0.4) is 0 Å². The van der Waals surface area contributed by atoms with Crippen molar-refractivity contribution in [1.29, 1.82) is 0 Å². The van der Waals surface area contributed by atoms with E-state index >= 15 is 0 Å². The van der Waals surface area contributed by atoms with E-state index < -0.39 is 11.9 Å². The van der Waals surface area contributed by atoms with Crippen LogP contribution in [0.15, 0.2) is 91.0 Å². The predicted molar refractivity (Wildman–Crippen MR) is 155 cm³/mol. The second kappa shape index (κ2) is 12.6. The van der Waals surface area contributed by atoms with Gasteiger partial charge in [-0.2, -0.15) is 0 Å². The van der Waals surface area contributed by atoms with E-state index in [1.54, 1.807) is 42.5 Å². The van der Waals surface area contributed by atoms with E-state index in [9.17, 15) is 14.0 Å². The van der Waals surface area contributed by atoms with Gasteiger partial charge in [0.1, 0.15) is 23.3 Å². The smallest absolute Gasteiger partial charge is 0.275 e. The number of aromatic amines is 1. The summed E-state index contributed by atoms with van der Waals surface area (Å²) in [4.78, 5) is 33.0. The molecule has 1 heterocycles.